The van der Waals surface area contributed by atoms with Gasteiger partial charge in [-0.25, -0.2) is 5.43 Å². The van der Waals surface area contributed by atoms with E-state index in [0.717, 1.165) is 22.4 Å². The van der Waals surface area contributed by atoms with Crippen LogP contribution in [0.2, 0.25) is 0 Å². The van der Waals surface area contributed by atoms with Crippen molar-refractivity contribution >= 4 is 0 Å². The zero-order valence-corrected chi connectivity index (χ0v) is 10.6. The Morgan fingerprint density at radius 1 is 1.28 bits per heavy atom. The molecule has 0 bridgehead atoms. The van der Waals surface area contributed by atoms with E-state index in [0.29, 0.717) is 0 Å². The SMILES string of the molecule is COc1ccccc1C(NN)c1cncc(C)c1. The second-order valence-electron chi connectivity index (χ2n) is 4.14. The first-order chi connectivity index (χ1) is 8.76. The average Bonchev–Trinajstić information content (AvgIpc) is 2.40. The van der Waals surface area contributed by atoms with Gasteiger partial charge in [0.1, 0.15) is 5.75 Å². The molecule has 0 aliphatic carbocycles. The zero-order valence-electron chi connectivity index (χ0n) is 10.6. The Kier molecular flexibility index (Phi) is 3.92. The average molecular weight is 243 g/mol. The van der Waals surface area contributed by atoms with E-state index in [4.69, 9.17) is 10.6 Å². The number of ether oxygens (including phenoxy) is 1. The number of hydrazine groups is 1. The molecule has 0 saturated heterocycles. The third-order valence-electron chi connectivity index (χ3n) is 2.85. The molecule has 1 unspecified atom stereocenters. The van der Waals surface area contributed by atoms with Crippen LogP contribution in [0.4, 0.5) is 0 Å². The number of hydrogen-bond donors (Lipinski definition) is 2. The van der Waals surface area contributed by atoms with E-state index < -0.39 is 0 Å². The molecule has 1 atom stereocenters. The summed E-state index contributed by atoms with van der Waals surface area (Å²) in [4.78, 5) is 4.20. The lowest BCUT2D eigenvalue weighted by molar-refractivity contribution is 0.404. The molecule has 1 aromatic heterocycles. The quantitative estimate of drug-likeness (QED) is 0.636. The summed E-state index contributed by atoms with van der Waals surface area (Å²) in [6.45, 7) is 2.01. The molecule has 1 heterocycles. The van der Waals surface area contributed by atoms with Crippen molar-refractivity contribution < 1.29 is 4.74 Å². The van der Waals surface area contributed by atoms with Crippen LogP contribution in [-0.2, 0) is 0 Å². The fourth-order valence-electron chi connectivity index (χ4n) is 2.01. The van der Waals surface area contributed by atoms with Crippen molar-refractivity contribution in [3.8, 4) is 5.75 Å². The van der Waals surface area contributed by atoms with Crippen molar-refractivity contribution in [1.29, 1.82) is 0 Å². The standard InChI is InChI=1S/C14H17N3O/c1-10-7-11(9-16-8-10)14(17-15)12-5-3-4-6-13(12)18-2/h3-9,14,17H,15H2,1-2H3. The maximum atomic E-state index is 5.68. The Balaban J connectivity index is 2.45. The molecule has 2 aromatic rings. The Morgan fingerprint density at radius 2 is 2.06 bits per heavy atom. The van der Waals surface area contributed by atoms with Gasteiger partial charge in [0, 0.05) is 18.0 Å². The van der Waals surface area contributed by atoms with Crippen molar-refractivity contribution in [2.75, 3.05) is 7.11 Å². The van der Waals surface area contributed by atoms with Gasteiger partial charge in [-0.05, 0) is 24.1 Å². The monoisotopic (exact) mass is 243 g/mol. The maximum Gasteiger partial charge on any atom is 0.124 e. The second-order valence-corrected chi connectivity index (χ2v) is 4.14. The number of hydrogen-bond acceptors (Lipinski definition) is 4. The van der Waals surface area contributed by atoms with Crippen LogP contribution in [0.1, 0.15) is 22.7 Å². The summed E-state index contributed by atoms with van der Waals surface area (Å²) >= 11 is 0. The van der Waals surface area contributed by atoms with Crippen molar-refractivity contribution in [2.45, 2.75) is 13.0 Å². The number of aryl methyl sites for hydroxylation is 1. The van der Waals surface area contributed by atoms with Gasteiger partial charge in [0.15, 0.2) is 0 Å². The van der Waals surface area contributed by atoms with E-state index in [1.807, 2.05) is 43.6 Å². The number of rotatable bonds is 4. The number of para-hydroxylation sites is 1. The van der Waals surface area contributed by atoms with E-state index in [1.165, 1.54) is 0 Å². The zero-order chi connectivity index (χ0) is 13.0. The highest BCUT2D eigenvalue weighted by atomic mass is 16.5. The number of pyridine rings is 1. The Labute approximate surface area is 107 Å². The molecule has 2 rings (SSSR count). The van der Waals surface area contributed by atoms with Gasteiger partial charge in [0.25, 0.3) is 0 Å². The van der Waals surface area contributed by atoms with Gasteiger partial charge >= 0.3 is 0 Å². The minimum Gasteiger partial charge on any atom is -0.496 e. The van der Waals surface area contributed by atoms with Crippen LogP contribution in [0.3, 0.4) is 0 Å². The molecular weight excluding hydrogens is 226 g/mol. The van der Waals surface area contributed by atoms with Crippen molar-refractivity contribution in [2.24, 2.45) is 5.84 Å². The lowest BCUT2D eigenvalue weighted by atomic mass is 9.99. The van der Waals surface area contributed by atoms with E-state index in [2.05, 4.69) is 16.5 Å². The summed E-state index contributed by atoms with van der Waals surface area (Å²) in [5.74, 6) is 6.48. The number of aromatic nitrogens is 1. The van der Waals surface area contributed by atoms with Gasteiger partial charge in [0.2, 0.25) is 0 Å². The summed E-state index contributed by atoms with van der Waals surface area (Å²) in [7, 11) is 1.65. The van der Waals surface area contributed by atoms with E-state index in [-0.39, 0.29) is 6.04 Å². The molecule has 4 heteroatoms. The predicted molar refractivity (Wildman–Crippen MR) is 71.1 cm³/mol. The Morgan fingerprint density at radius 3 is 2.72 bits per heavy atom. The van der Waals surface area contributed by atoms with Gasteiger partial charge in [-0.15, -0.1) is 0 Å². The first-order valence-electron chi connectivity index (χ1n) is 5.77. The molecule has 0 aliphatic heterocycles. The maximum absolute atomic E-state index is 5.68. The van der Waals surface area contributed by atoms with Crippen LogP contribution in [0.15, 0.2) is 42.7 Å². The van der Waals surface area contributed by atoms with Gasteiger partial charge < -0.3 is 4.74 Å². The molecule has 4 nitrogen and oxygen atoms in total. The molecule has 18 heavy (non-hydrogen) atoms. The highest BCUT2D eigenvalue weighted by Crippen LogP contribution is 2.29. The lowest BCUT2D eigenvalue weighted by Gasteiger charge is -2.19. The summed E-state index contributed by atoms with van der Waals surface area (Å²) < 4.78 is 5.36. The first-order valence-corrected chi connectivity index (χ1v) is 5.77. The van der Waals surface area contributed by atoms with Crippen LogP contribution < -0.4 is 16.0 Å². The van der Waals surface area contributed by atoms with Gasteiger partial charge in [0.05, 0.1) is 13.2 Å². The predicted octanol–water partition coefficient (Wildman–Crippen LogP) is 1.95. The molecule has 0 saturated carbocycles. The summed E-state index contributed by atoms with van der Waals surface area (Å²) in [5.41, 5.74) is 5.93. The van der Waals surface area contributed by atoms with Crippen LogP contribution in [0, 0.1) is 6.92 Å². The smallest absolute Gasteiger partial charge is 0.124 e. The number of benzene rings is 1. The van der Waals surface area contributed by atoms with E-state index in [1.54, 1.807) is 7.11 Å². The largest absolute Gasteiger partial charge is 0.496 e. The molecule has 0 amide bonds. The highest BCUT2D eigenvalue weighted by molar-refractivity contribution is 5.41. The van der Waals surface area contributed by atoms with Gasteiger partial charge in [-0.3, -0.25) is 10.8 Å². The third-order valence-corrected chi connectivity index (χ3v) is 2.85. The molecule has 0 radical (unpaired) electrons. The minimum atomic E-state index is -0.131. The topological polar surface area (TPSA) is 60.2 Å². The van der Waals surface area contributed by atoms with Crippen LogP contribution in [-0.4, -0.2) is 12.1 Å². The highest BCUT2D eigenvalue weighted by Gasteiger charge is 2.16. The molecule has 0 spiro atoms. The van der Waals surface area contributed by atoms with E-state index in [9.17, 15) is 0 Å². The Hall–Kier alpha value is -1.91. The van der Waals surface area contributed by atoms with Crippen molar-refractivity contribution in [3.63, 3.8) is 0 Å². The van der Waals surface area contributed by atoms with Crippen LogP contribution in [0.25, 0.3) is 0 Å². The van der Waals surface area contributed by atoms with Gasteiger partial charge in [-0.1, -0.05) is 24.3 Å². The molecule has 3 N–H and O–H groups in total. The second kappa shape index (κ2) is 5.62. The number of methoxy groups -OCH3 is 1. The summed E-state index contributed by atoms with van der Waals surface area (Å²) in [6.07, 6.45) is 3.63. The van der Waals surface area contributed by atoms with E-state index >= 15 is 0 Å². The Bertz CT molecular complexity index is 528. The van der Waals surface area contributed by atoms with Crippen molar-refractivity contribution in [1.82, 2.24) is 10.4 Å². The van der Waals surface area contributed by atoms with Crippen LogP contribution >= 0.6 is 0 Å². The summed E-state index contributed by atoms with van der Waals surface area (Å²) in [6, 6.07) is 9.74. The minimum absolute atomic E-state index is 0.131. The fourth-order valence-corrected chi connectivity index (χ4v) is 2.01. The normalized spacial score (nSPS) is 12.2. The summed E-state index contributed by atoms with van der Waals surface area (Å²) in [5, 5.41) is 0. The van der Waals surface area contributed by atoms with Crippen LogP contribution in [0.5, 0.6) is 5.75 Å². The molecule has 0 fully saturated rings. The molecule has 94 valence electrons. The molecular formula is C14H17N3O. The molecule has 0 aliphatic rings. The van der Waals surface area contributed by atoms with Gasteiger partial charge in [-0.2, -0.15) is 0 Å². The number of nitrogens with zero attached hydrogens (tertiary/aromatic N) is 1. The number of nitrogens with one attached hydrogen (secondary N) is 1. The lowest BCUT2D eigenvalue weighted by Crippen LogP contribution is -2.29. The fraction of sp³-hybridized carbons (Fsp3) is 0.214. The third kappa shape index (κ3) is 2.50. The molecule has 1 aromatic carbocycles. The number of nitrogens with two attached hydrogens (primary N) is 1. The first kappa shape index (κ1) is 12.5. The van der Waals surface area contributed by atoms with Crippen molar-refractivity contribution in [3.05, 3.63) is 59.4 Å².